The minimum Gasteiger partial charge on any atom is -0.476 e. The van der Waals surface area contributed by atoms with Crippen molar-refractivity contribution in [1.29, 1.82) is 0 Å². The van der Waals surface area contributed by atoms with E-state index in [1.165, 1.54) is 26.2 Å². The Hall–Kier alpha value is -0.680. The highest BCUT2D eigenvalue weighted by Crippen LogP contribution is 2.35. The first-order valence-electron chi connectivity index (χ1n) is 4.42. The summed E-state index contributed by atoms with van der Waals surface area (Å²) in [5, 5.41) is 9.45. The second-order valence-electron chi connectivity index (χ2n) is 3.26. The first-order chi connectivity index (χ1) is 7.80. The lowest BCUT2D eigenvalue weighted by Crippen LogP contribution is -2.43. The van der Waals surface area contributed by atoms with Crippen molar-refractivity contribution in [3.8, 4) is 5.75 Å². The van der Waals surface area contributed by atoms with Gasteiger partial charge in [-0.15, -0.1) is 0 Å². The van der Waals surface area contributed by atoms with Crippen LogP contribution in [-0.2, 0) is 9.53 Å². The largest absolute Gasteiger partial charge is 0.476 e. The van der Waals surface area contributed by atoms with Gasteiger partial charge in [0.1, 0.15) is 5.75 Å². The third-order valence-corrected chi connectivity index (χ3v) is 3.24. The highest BCUT2D eigenvalue weighted by atomic mass is 35.5. The SMILES string of the molecule is COC(C)(Oc1cc(Cl)c(Cl)c(Cl)c1)C(=O)O. The minimum atomic E-state index is -1.82. The number of carbonyl (C=O) groups is 1. The topological polar surface area (TPSA) is 55.8 Å². The maximum Gasteiger partial charge on any atom is 0.376 e. The normalized spacial score (nSPS) is 14.2. The molecule has 0 saturated heterocycles. The summed E-state index contributed by atoms with van der Waals surface area (Å²) in [6.07, 6.45) is 0. The van der Waals surface area contributed by atoms with Gasteiger partial charge in [0.25, 0.3) is 0 Å². The highest BCUT2D eigenvalue weighted by Gasteiger charge is 2.36. The fourth-order valence-electron chi connectivity index (χ4n) is 0.989. The molecule has 1 aromatic carbocycles. The van der Waals surface area contributed by atoms with E-state index in [9.17, 15) is 4.79 Å². The van der Waals surface area contributed by atoms with Gasteiger partial charge in [-0.3, -0.25) is 0 Å². The zero-order valence-corrected chi connectivity index (χ0v) is 11.2. The molecule has 0 aliphatic rings. The van der Waals surface area contributed by atoms with Crippen LogP contribution in [-0.4, -0.2) is 24.0 Å². The van der Waals surface area contributed by atoms with Gasteiger partial charge in [0.15, 0.2) is 0 Å². The summed E-state index contributed by atoms with van der Waals surface area (Å²) in [7, 11) is 1.22. The van der Waals surface area contributed by atoms with E-state index in [1.54, 1.807) is 0 Å². The van der Waals surface area contributed by atoms with Crippen molar-refractivity contribution in [2.24, 2.45) is 0 Å². The molecular weight excluding hydrogens is 290 g/mol. The van der Waals surface area contributed by atoms with Crippen molar-refractivity contribution in [3.05, 3.63) is 27.2 Å². The predicted octanol–water partition coefficient (Wildman–Crippen LogP) is 3.47. The summed E-state index contributed by atoms with van der Waals surface area (Å²) >= 11 is 17.3. The Labute approximate surface area is 113 Å². The molecule has 1 aromatic rings. The molecule has 1 atom stereocenters. The molecule has 1 rings (SSSR count). The van der Waals surface area contributed by atoms with Crippen molar-refractivity contribution in [1.82, 2.24) is 0 Å². The number of aliphatic carboxylic acids is 1. The van der Waals surface area contributed by atoms with Gasteiger partial charge >= 0.3 is 11.8 Å². The van der Waals surface area contributed by atoms with Crippen LogP contribution in [0.5, 0.6) is 5.75 Å². The molecule has 0 aliphatic heterocycles. The number of methoxy groups -OCH3 is 1. The van der Waals surface area contributed by atoms with Crippen molar-refractivity contribution in [3.63, 3.8) is 0 Å². The number of carboxylic acid groups (broad SMARTS) is 1. The van der Waals surface area contributed by atoms with Crippen molar-refractivity contribution < 1.29 is 19.4 Å². The second kappa shape index (κ2) is 5.31. The summed E-state index contributed by atoms with van der Waals surface area (Å²) in [6, 6.07) is 2.71. The van der Waals surface area contributed by atoms with Gasteiger partial charge in [-0.05, 0) is 0 Å². The molecule has 7 heteroatoms. The summed E-state index contributed by atoms with van der Waals surface area (Å²) in [6.45, 7) is 1.26. The van der Waals surface area contributed by atoms with Crippen molar-refractivity contribution in [2.45, 2.75) is 12.7 Å². The van der Waals surface area contributed by atoms with Crippen LogP contribution in [0.2, 0.25) is 15.1 Å². The molecule has 1 unspecified atom stereocenters. The van der Waals surface area contributed by atoms with Gasteiger partial charge in [-0.2, -0.15) is 0 Å². The minimum absolute atomic E-state index is 0.149. The van der Waals surface area contributed by atoms with E-state index in [1.807, 2.05) is 0 Å². The molecule has 0 bridgehead atoms. The average Bonchev–Trinajstić information content (AvgIpc) is 2.25. The van der Waals surface area contributed by atoms with Crippen LogP contribution in [0.4, 0.5) is 0 Å². The van der Waals surface area contributed by atoms with E-state index in [2.05, 4.69) is 0 Å². The molecule has 0 fully saturated rings. The third-order valence-electron chi connectivity index (χ3n) is 2.05. The molecule has 0 aliphatic carbocycles. The third kappa shape index (κ3) is 3.16. The molecule has 4 nitrogen and oxygen atoms in total. The summed E-state index contributed by atoms with van der Waals surface area (Å²) in [5.41, 5.74) is 0. The lowest BCUT2D eigenvalue weighted by molar-refractivity contribution is -0.197. The number of halogens is 3. The highest BCUT2D eigenvalue weighted by molar-refractivity contribution is 6.48. The zero-order chi connectivity index (χ0) is 13.2. The van der Waals surface area contributed by atoms with Crippen LogP contribution in [0.1, 0.15) is 6.92 Å². The second-order valence-corrected chi connectivity index (χ2v) is 4.45. The molecule has 0 amide bonds. The Bertz CT molecular complexity index is 426. The molecule has 0 spiro atoms. The van der Waals surface area contributed by atoms with Gasteiger partial charge in [-0.25, -0.2) is 4.79 Å². The number of benzene rings is 1. The van der Waals surface area contributed by atoms with E-state index in [4.69, 9.17) is 49.4 Å². The smallest absolute Gasteiger partial charge is 0.376 e. The van der Waals surface area contributed by atoms with E-state index >= 15 is 0 Å². The lowest BCUT2D eigenvalue weighted by Gasteiger charge is -2.24. The monoisotopic (exact) mass is 298 g/mol. The summed E-state index contributed by atoms with van der Waals surface area (Å²) in [5.74, 6) is -2.95. The summed E-state index contributed by atoms with van der Waals surface area (Å²) < 4.78 is 9.95. The van der Waals surface area contributed by atoms with Crippen LogP contribution in [0.3, 0.4) is 0 Å². The fraction of sp³-hybridized carbons (Fsp3) is 0.300. The average molecular weight is 300 g/mol. The number of rotatable bonds is 4. The van der Waals surface area contributed by atoms with Crippen LogP contribution in [0.25, 0.3) is 0 Å². The maximum atomic E-state index is 11.0. The summed E-state index contributed by atoms with van der Waals surface area (Å²) in [4.78, 5) is 11.0. The first kappa shape index (κ1) is 14.4. The Kier molecular flexibility index (Phi) is 4.49. The number of ether oxygens (including phenoxy) is 2. The standard InChI is InChI=1S/C10H9Cl3O4/c1-10(16-2,9(14)15)17-5-3-6(11)8(13)7(12)4-5/h3-4H,1-2H3,(H,14,15). The van der Waals surface area contributed by atoms with Crippen molar-refractivity contribution in [2.75, 3.05) is 7.11 Å². The predicted molar refractivity (Wildman–Crippen MR) is 65.1 cm³/mol. The number of hydrogen-bond acceptors (Lipinski definition) is 3. The zero-order valence-electron chi connectivity index (χ0n) is 8.96. The molecule has 94 valence electrons. The van der Waals surface area contributed by atoms with Crippen LogP contribution in [0, 0.1) is 0 Å². The molecule has 0 saturated carbocycles. The Morgan fingerprint density at radius 2 is 1.76 bits per heavy atom. The van der Waals surface area contributed by atoms with Gasteiger partial charge in [0.2, 0.25) is 0 Å². The van der Waals surface area contributed by atoms with E-state index in [0.29, 0.717) is 0 Å². The van der Waals surface area contributed by atoms with Crippen LogP contribution < -0.4 is 4.74 Å². The van der Waals surface area contributed by atoms with E-state index in [0.717, 1.165) is 0 Å². The van der Waals surface area contributed by atoms with Crippen LogP contribution >= 0.6 is 34.8 Å². The first-order valence-corrected chi connectivity index (χ1v) is 5.55. The molecule has 0 radical (unpaired) electrons. The molecule has 17 heavy (non-hydrogen) atoms. The Morgan fingerprint density at radius 3 is 2.12 bits per heavy atom. The van der Waals surface area contributed by atoms with Gasteiger partial charge in [0.05, 0.1) is 15.1 Å². The quantitative estimate of drug-likeness (QED) is 0.683. The van der Waals surface area contributed by atoms with E-state index < -0.39 is 11.8 Å². The number of hydrogen-bond donors (Lipinski definition) is 1. The number of carboxylic acids is 1. The lowest BCUT2D eigenvalue weighted by atomic mass is 10.3. The molecular formula is C10H9Cl3O4. The molecule has 0 heterocycles. The maximum absolute atomic E-state index is 11.0. The van der Waals surface area contributed by atoms with Gasteiger partial charge < -0.3 is 14.6 Å². The molecule has 0 aromatic heterocycles. The van der Waals surface area contributed by atoms with Crippen LogP contribution in [0.15, 0.2) is 12.1 Å². The molecule has 1 N–H and O–H groups in total. The van der Waals surface area contributed by atoms with Gasteiger partial charge in [0, 0.05) is 26.2 Å². The fourth-order valence-corrected chi connectivity index (χ4v) is 1.56. The Morgan fingerprint density at radius 1 is 1.29 bits per heavy atom. The Balaban J connectivity index is 3.07. The van der Waals surface area contributed by atoms with Crippen molar-refractivity contribution >= 4 is 40.8 Å². The van der Waals surface area contributed by atoms with E-state index in [-0.39, 0.29) is 20.8 Å². The van der Waals surface area contributed by atoms with Gasteiger partial charge in [-0.1, -0.05) is 34.8 Å².